The fraction of sp³-hybridized carbons (Fsp3) is 0.953. The van der Waals surface area contributed by atoms with Crippen molar-refractivity contribution < 1.29 is 80.2 Å². The Balaban J connectivity index is 5.22. The molecule has 0 radical (unpaired) electrons. The van der Waals surface area contributed by atoms with Crippen molar-refractivity contribution in [2.75, 3.05) is 39.6 Å². The highest BCUT2D eigenvalue weighted by Crippen LogP contribution is 2.45. The first-order valence-electron chi connectivity index (χ1n) is 44.6. The molecule has 0 bridgehead atoms. The van der Waals surface area contributed by atoms with Crippen LogP contribution in [0, 0.1) is 5.92 Å². The van der Waals surface area contributed by atoms with Crippen LogP contribution in [-0.2, 0) is 65.4 Å². The molecule has 0 fully saturated rings. The monoisotopic (exact) mass is 1540 g/mol. The van der Waals surface area contributed by atoms with Gasteiger partial charge in [-0.1, -0.05) is 413 Å². The van der Waals surface area contributed by atoms with E-state index in [4.69, 9.17) is 37.0 Å². The Morgan fingerprint density at radius 1 is 0.257 bits per heavy atom. The largest absolute Gasteiger partial charge is 0.472 e. The van der Waals surface area contributed by atoms with E-state index in [2.05, 4.69) is 34.6 Å². The predicted octanol–water partition coefficient (Wildman–Crippen LogP) is 26.4. The van der Waals surface area contributed by atoms with Gasteiger partial charge in [-0.05, 0) is 31.6 Å². The number of carbonyl (C=O) groups is 4. The van der Waals surface area contributed by atoms with E-state index in [1.165, 1.54) is 289 Å². The molecule has 0 aliphatic heterocycles. The average molecular weight is 1540 g/mol. The Labute approximate surface area is 645 Å². The van der Waals surface area contributed by atoms with Crippen LogP contribution in [0.3, 0.4) is 0 Å². The van der Waals surface area contributed by atoms with Crippen LogP contribution in [0.2, 0.25) is 0 Å². The molecule has 0 rings (SSSR count). The Morgan fingerprint density at radius 2 is 0.438 bits per heavy atom. The zero-order valence-corrected chi connectivity index (χ0v) is 70.7. The molecule has 0 aromatic carbocycles. The van der Waals surface area contributed by atoms with Gasteiger partial charge in [0.05, 0.1) is 26.4 Å². The third-order valence-electron chi connectivity index (χ3n) is 20.3. The molecule has 0 heterocycles. The average Bonchev–Trinajstić information content (AvgIpc) is 0.916. The molecule has 0 aromatic heterocycles. The van der Waals surface area contributed by atoms with Crippen molar-refractivity contribution in [1.29, 1.82) is 0 Å². The van der Waals surface area contributed by atoms with Crippen molar-refractivity contribution in [1.82, 2.24) is 0 Å². The summed E-state index contributed by atoms with van der Waals surface area (Å²) in [5.74, 6) is -1.29. The zero-order chi connectivity index (χ0) is 76.9. The maximum Gasteiger partial charge on any atom is 0.472 e. The molecular formula is C86H168O17P2. The number of carbonyl (C=O) groups excluding carboxylic acids is 4. The maximum absolute atomic E-state index is 13.1. The van der Waals surface area contributed by atoms with Gasteiger partial charge in [-0.3, -0.25) is 37.3 Å². The fourth-order valence-electron chi connectivity index (χ4n) is 13.5. The zero-order valence-electron chi connectivity index (χ0n) is 68.9. The molecule has 19 heteroatoms. The normalized spacial score (nSPS) is 13.8. The molecule has 5 atom stereocenters. The molecule has 3 N–H and O–H groups in total. The lowest BCUT2D eigenvalue weighted by Gasteiger charge is -2.21. The summed E-state index contributed by atoms with van der Waals surface area (Å²) in [4.78, 5) is 73.2. The summed E-state index contributed by atoms with van der Waals surface area (Å²) in [6.45, 7) is 7.39. The number of unbranched alkanes of at least 4 members (excludes halogenated alkanes) is 58. The number of esters is 4. The first kappa shape index (κ1) is 103. The molecule has 0 amide bonds. The van der Waals surface area contributed by atoms with Crippen molar-refractivity contribution in [3.8, 4) is 0 Å². The summed E-state index contributed by atoms with van der Waals surface area (Å²) in [6, 6.07) is 0. The SMILES string of the molecule is CCCCCCCCCCCCCCCCCCCCCCC(=O)O[C@H](COC(=O)CCCCCCCCCCCCCCCCCCC(C)C)COP(=O)(O)OC[C@@H](O)COP(=O)(O)OC[C@@H](COC(=O)CCCCCCCCCCCC)OC(=O)CCCCCCCCCCCCCCCCCC. The summed E-state index contributed by atoms with van der Waals surface area (Å²) in [7, 11) is -9.93. The van der Waals surface area contributed by atoms with Crippen LogP contribution in [0.25, 0.3) is 0 Å². The third-order valence-corrected chi connectivity index (χ3v) is 22.2. The van der Waals surface area contributed by atoms with E-state index < -0.39 is 97.5 Å². The molecule has 2 unspecified atom stereocenters. The standard InChI is InChI=1S/C86H168O17P2/c1-6-9-12-15-18-21-24-26-28-30-31-32-33-39-43-47-52-57-62-67-72-86(91)103-82(76-97-84(89)70-65-60-55-50-45-41-38-35-34-36-40-44-48-53-58-63-68-79(4)5)78-101-105(94,95)99-74-80(87)73-98-104(92,93)100-77-81(75-96-83(88)69-64-59-54-49-23-20-17-14-11-8-3)102-85(90)71-66-61-56-51-46-42-37-29-27-25-22-19-16-13-10-7-2/h79-82,87H,6-78H2,1-5H3,(H,92,93)(H,94,95)/t80-,81+,82+/m0/s1. The van der Waals surface area contributed by atoms with Gasteiger partial charge < -0.3 is 33.8 Å². The number of rotatable bonds is 86. The van der Waals surface area contributed by atoms with Crippen LogP contribution < -0.4 is 0 Å². The number of phosphoric acid groups is 2. The second kappa shape index (κ2) is 78.7. The highest BCUT2D eigenvalue weighted by atomic mass is 31.2. The molecule has 0 aliphatic carbocycles. The summed E-state index contributed by atoms with van der Waals surface area (Å²) in [6.07, 6.45) is 72.2. The van der Waals surface area contributed by atoms with Crippen LogP contribution in [0.1, 0.15) is 465 Å². The minimum absolute atomic E-state index is 0.109. The molecule has 0 aromatic rings. The topological polar surface area (TPSA) is 237 Å². The number of ether oxygens (including phenoxy) is 4. The number of hydrogen-bond donors (Lipinski definition) is 3. The molecule has 0 saturated carbocycles. The minimum atomic E-state index is -4.97. The second-order valence-corrected chi connectivity index (χ2v) is 34.3. The maximum atomic E-state index is 13.1. The van der Waals surface area contributed by atoms with Crippen molar-refractivity contribution >= 4 is 39.5 Å². The lowest BCUT2D eigenvalue weighted by Crippen LogP contribution is -2.30. The molecule has 105 heavy (non-hydrogen) atoms. The van der Waals surface area contributed by atoms with Gasteiger partial charge in [0.25, 0.3) is 0 Å². The van der Waals surface area contributed by atoms with E-state index in [1.54, 1.807) is 0 Å². The van der Waals surface area contributed by atoms with Crippen LogP contribution >= 0.6 is 15.6 Å². The minimum Gasteiger partial charge on any atom is -0.462 e. The smallest absolute Gasteiger partial charge is 0.462 e. The summed E-state index contributed by atoms with van der Waals surface area (Å²) in [5, 5.41) is 10.7. The van der Waals surface area contributed by atoms with Gasteiger partial charge in [0, 0.05) is 25.7 Å². The van der Waals surface area contributed by atoms with E-state index in [0.717, 1.165) is 95.8 Å². The van der Waals surface area contributed by atoms with Gasteiger partial charge in [-0.2, -0.15) is 0 Å². The number of phosphoric ester groups is 2. The first-order valence-corrected chi connectivity index (χ1v) is 47.6. The first-order chi connectivity index (χ1) is 51.0. The lowest BCUT2D eigenvalue weighted by atomic mass is 10.0. The molecular weight excluding hydrogens is 1370 g/mol. The van der Waals surface area contributed by atoms with E-state index >= 15 is 0 Å². The summed E-state index contributed by atoms with van der Waals surface area (Å²) < 4.78 is 68.9. The second-order valence-electron chi connectivity index (χ2n) is 31.4. The Morgan fingerprint density at radius 3 is 0.648 bits per heavy atom. The van der Waals surface area contributed by atoms with E-state index in [1.807, 2.05) is 0 Å². The predicted molar refractivity (Wildman–Crippen MR) is 432 cm³/mol. The van der Waals surface area contributed by atoms with Gasteiger partial charge in [0.15, 0.2) is 12.2 Å². The highest BCUT2D eigenvalue weighted by Gasteiger charge is 2.30. The molecule has 0 saturated heterocycles. The third kappa shape index (κ3) is 79.9. The van der Waals surface area contributed by atoms with Crippen molar-refractivity contribution in [3.63, 3.8) is 0 Å². The molecule has 624 valence electrons. The van der Waals surface area contributed by atoms with Gasteiger partial charge in [-0.15, -0.1) is 0 Å². The summed E-state index contributed by atoms with van der Waals surface area (Å²) >= 11 is 0. The van der Waals surface area contributed by atoms with E-state index in [9.17, 15) is 43.2 Å². The summed E-state index contributed by atoms with van der Waals surface area (Å²) in [5.41, 5.74) is 0. The van der Waals surface area contributed by atoms with Gasteiger partial charge in [0.1, 0.15) is 19.3 Å². The van der Waals surface area contributed by atoms with Gasteiger partial charge in [0.2, 0.25) is 0 Å². The van der Waals surface area contributed by atoms with Gasteiger partial charge >= 0.3 is 39.5 Å². The molecule has 17 nitrogen and oxygen atoms in total. The number of aliphatic hydroxyl groups excluding tert-OH is 1. The molecule has 0 aliphatic rings. The van der Waals surface area contributed by atoms with Crippen LogP contribution in [0.15, 0.2) is 0 Å². The Bertz CT molecular complexity index is 2000. The number of hydrogen-bond acceptors (Lipinski definition) is 15. The fourth-order valence-corrected chi connectivity index (χ4v) is 15.1. The van der Waals surface area contributed by atoms with Crippen LogP contribution in [0.5, 0.6) is 0 Å². The highest BCUT2D eigenvalue weighted by molar-refractivity contribution is 7.47. The Hall–Kier alpha value is -1.94. The Kier molecular flexibility index (Phi) is 77.3. The number of aliphatic hydroxyl groups is 1. The van der Waals surface area contributed by atoms with Crippen LogP contribution in [-0.4, -0.2) is 96.7 Å². The van der Waals surface area contributed by atoms with E-state index in [-0.39, 0.29) is 25.7 Å². The van der Waals surface area contributed by atoms with Crippen molar-refractivity contribution in [3.05, 3.63) is 0 Å². The molecule has 0 spiro atoms. The lowest BCUT2D eigenvalue weighted by molar-refractivity contribution is -0.161. The van der Waals surface area contributed by atoms with E-state index in [0.29, 0.717) is 25.7 Å². The van der Waals surface area contributed by atoms with Gasteiger partial charge in [-0.25, -0.2) is 9.13 Å². The van der Waals surface area contributed by atoms with Crippen molar-refractivity contribution in [2.45, 2.75) is 483 Å². The van der Waals surface area contributed by atoms with Crippen LogP contribution in [0.4, 0.5) is 0 Å². The quantitative estimate of drug-likeness (QED) is 0.0222. The van der Waals surface area contributed by atoms with Crippen molar-refractivity contribution in [2.24, 2.45) is 5.92 Å².